The Bertz CT molecular complexity index is 682. The van der Waals surface area contributed by atoms with Crippen LogP contribution in [0, 0.1) is 11.6 Å². The third kappa shape index (κ3) is 2.40. The van der Waals surface area contributed by atoms with E-state index in [2.05, 4.69) is 5.32 Å². The van der Waals surface area contributed by atoms with E-state index in [9.17, 15) is 18.7 Å². The first-order valence-corrected chi connectivity index (χ1v) is 6.58. The molecule has 3 nitrogen and oxygen atoms in total. The molecular formula is C16H13F2NO2. The first-order chi connectivity index (χ1) is 10.1. The number of carbonyl (C=O) groups is 1. The molecule has 0 unspecified atom stereocenters. The van der Waals surface area contributed by atoms with Crippen LogP contribution in [0.25, 0.3) is 0 Å². The van der Waals surface area contributed by atoms with Crippen LogP contribution in [0.2, 0.25) is 0 Å². The number of nitrogens with one attached hydrogen (secondary N) is 1. The molecule has 21 heavy (non-hydrogen) atoms. The van der Waals surface area contributed by atoms with Crippen LogP contribution < -0.4 is 5.32 Å². The zero-order valence-electron chi connectivity index (χ0n) is 11.0. The van der Waals surface area contributed by atoms with Crippen LogP contribution in [0.15, 0.2) is 42.5 Å². The van der Waals surface area contributed by atoms with Crippen LogP contribution in [0.3, 0.4) is 0 Å². The topological polar surface area (TPSA) is 49.3 Å². The van der Waals surface area contributed by atoms with E-state index in [1.165, 1.54) is 6.07 Å². The molecule has 2 aromatic rings. The number of halogens is 2. The van der Waals surface area contributed by atoms with Gasteiger partial charge in [0.2, 0.25) is 0 Å². The van der Waals surface area contributed by atoms with Gasteiger partial charge in [0.1, 0.15) is 17.2 Å². The highest BCUT2D eigenvalue weighted by Gasteiger charge is 2.33. The Morgan fingerprint density at radius 3 is 2.48 bits per heavy atom. The maximum atomic E-state index is 13.6. The van der Waals surface area contributed by atoms with E-state index in [1.54, 1.807) is 12.1 Å². The maximum absolute atomic E-state index is 13.6. The first-order valence-electron chi connectivity index (χ1n) is 6.58. The minimum absolute atomic E-state index is 0.404. The summed E-state index contributed by atoms with van der Waals surface area (Å²) in [6, 6.07) is 9.86. The van der Waals surface area contributed by atoms with Crippen molar-refractivity contribution in [2.45, 2.75) is 18.6 Å². The van der Waals surface area contributed by atoms with Gasteiger partial charge >= 0.3 is 0 Å². The SMILES string of the molecule is O=C(N[C@@H]1c2ccccc2C[C@@H]1O)c1c(F)cccc1F. The Balaban J connectivity index is 1.89. The molecule has 0 heterocycles. The molecular weight excluding hydrogens is 276 g/mol. The summed E-state index contributed by atoms with van der Waals surface area (Å²) >= 11 is 0. The zero-order chi connectivity index (χ0) is 15.0. The third-order valence-corrected chi connectivity index (χ3v) is 3.68. The Morgan fingerprint density at radius 1 is 1.10 bits per heavy atom. The van der Waals surface area contributed by atoms with Crippen LogP contribution in [-0.4, -0.2) is 17.1 Å². The molecule has 0 spiro atoms. The van der Waals surface area contributed by atoms with Crippen molar-refractivity contribution in [2.75, 3.05) is 0 Å². The van der Waals surface area contributed by atoms with Crippen molar-refractivity contribution in [3.05, 3.63) is 70.8 Å². The molecule has 3 rings (SSSR count). The minimum atomic E-state index is -0.923. The molecule has 0 aromatic heterocycles. The first kappa shape index (κ1) is 13.7. The van der Waals surface area contributed by atoms with Crippen molar-refractivity contribution in [1.82, 2.24) is 5.32 Å². The predicted molar refractivity (Wildman–Crippen MR) is 72.7 cm³/mol. The van der Waals surface area contributed by atoms with Crippen molar-refractivity contribution < 1.29 is 18.7 Å². The summed E-state index contributed by atoms with van der Waals surface area (Å²) < 4.78 is 27.2. The predicted octanol–water partition coefficient (Wildman–Crippen LogP) is 2.35. The van der Waals surface area contributed by atoms with Gasteiger partial charge in [0, 0.05) is 6.42 Å². The van der Waals surface area contributed by atoms with Crippen molar-refractivity contribution in [3.8, 4) is 0 Å². The molecule has 1 aliphatic rings. The van der Waals surface area contributed by atoms with Crippen LogP contribution in [0.1, 0.15) is 27.5 Å². The number of fused-ring (bicyclic) bond motifs is 1. The van der Waals surface area contributed by atoms with Gasteiger partial charge in [-0.2, -0.15) is 0 Å². The largest absolute Gasteiger partial charge is 0.390 e. The second kappa shape index (κ2) is 5.26. The number of benzene rings is 2. The van der Waals surface area contributed by atoms with Crippen LogP contribution in [0.4, 0.5) is 8.78 Å². The van der Waals surface area contributed by atoms with Crippen molar-refractivity contribution >= 4 is 5.91 Å². The molecule has 2 atom stereocenters. The van der Waals surface area contributed by atoms with Gasteiger partial charge in [0.05, 0.1) is 12.1 Å². The van der Waals surface area contributed by atoms with Crippen molar-refractivity contribution in [3.63, 3.8) is 0 Å². The lowest BCUT2D eigenvalue weighted by atomic mass is 10.1. The van der Waals surface area contributed by atoms with Crippen molar-refractivity contribution in [1.29, 1.82) is 0 Å². The number of rotatable bonds is 2. The summed E-state index contributed by atoms with van der Waals surface area (Å²) in [5.74, 6) is -2.71. The number of aliphatic hydroxyl groups excluding tert-OH is 1. The van der Waals surface area contributed by atoms with Crippen LogP contribution in [-0.2, 0) is 6.42 Å². The summed E-state index contributed by atoms with van der Waals surface area (Å²) in [5, 5.41) is 12.6. The van der Waals surface area contributed by atoms with Gasteiger partial charge in [0.15, 0.2) is 0 Å². The number of carbonyl (C=O) groups excluding carboxylic acids is 1. The molecule has 0 fully saturated rings. The molecule has 1 amide bonds. The fourth-order valence-electron chi connectivity index (χ4n) is 2.68. The van der Waals surface area contributed by atoms with Gasteiger partial charge in [-0.3, -0.25) is 4.79 Å². The quantitative estimate of drug-likeness (QED) is 0.891. The minimum Gasteiger partial charge on any atom is -0.390 e. The van der Waals surface area contributed by atoms with E-state index < -0.39 is 35.3 Å². The number of hydrogen-bond donors (Lipinski definition) is 2. The maximum Gasteiger partial charge on any atom is 0.257 e. The Labute approximate surface area is 120 Å². The summed E-state index contributed by atoms with van der Waals surface area (Å²) in [6.45, 7) is 0. The summed E-state index contributed by atoms with van der Waals surface area (Å²) in [7, 11) is 0. The summed E-state index contributed by atoms with van der Waals surface area (Å²) in [6.07, 6.45) is -0.401. The van der Waals surface area contributed by atoms with Gasteiger partial charge in [-0.15, -0.1) is 0 Å². The fourth-order valence-corrected chi connectivity index (χ4v) is 2.68. The second-order valence-electron chi connectivity index (χ2n) is 5.02. The Morgan fingerprint density at radius 2 is 1.76 bits per heavy atom. The standard InChI is InChI=1S/C16H13F2NO2/c17-11-6-3-7-12(18)14(11)16(21)19-15-10-5-2-1-4-9(10)8-13(15)20/h1-7,13,15,20H,8H2,(H,19,21)/t13-,15+/m0/s1. The van der Waals surface area contributed by atoms with Crippen LogP contribution in [0.5, 0.6) is 0 Å². The number of aliphatic hydroxyl groups is 1. The van der Waals surface area contributed by atoms with E-state index >= 15 is 0 Å². The lowest BCUT2D eigenvalue weighted by Crippen LogP contribution is -2.34. The molecule has 0 radical (unpaired) electrons. The van der Waals surface area contributed by atoms with Gasteiger partial charge in [-0.05, 0) is 23.3 Å². The molecule has 108 valence electrons. The lowest BCUT2D eigenvalue weighted by Gasteiger charge is -2.18. The molecule has 0 saturated carbocycles. The average Bonchev–Trinajstić information content (AvgIpc) is 2.75. The molecule has 5 heteroatoms. The van der Waals surface area contributed by atoms with Crippen LogP contribution >= 0.6 is 0 Å². The second-order valence-corrected chi connectivity index (χ2v) is 5.02. The molecule has 0 bridgehead atoms. The molecule has 1 aliphatic carbocycles. The highest BCUT2D eigenvalue weighted by atomic mass is 19.1. The summed E-state index contributed by atoms with van der Waals surface area (Å²) in [4.78, 5) is 12.1. The highest BCUT2D eigenvalue weighted by molar-refractivity contribution is 5.95. The average molecular weight is 289 g/mol. The smallest absolute Gasteiger partial charge is 0.257 e. The molecule has 0 saturated heterocycles. The van der Waals surface area contributed by atoms with E-state index in [4.69, 9.17) is 0 Å². The van der Waals surface area contributed by atoms with E-state index in [0.717, 1.165) is 23.3 Å². The van der Waals surface area contributed by atoms with Gasteiger partial charge in [-0.25, -0.2) is 8.78 Å². The fraction of sp³-hybridized carbons (Fsp3) is 0.188. The van der Waals surface area contributed by atoms with Gasteiger partial charge < -0.3 is 10.4 Å². The molecule has 0 aliphatic heterocycles. The molecule has 2 aromatic carbocycles. The van der Waals surface area contributed by atoms with E-state index in [1.807, 2.05) is 12.1 Å². The lowest BCUT2D eigenvalue weighted by molar-refractivity contribution is 0.0850. The summed E-state index contributed by atoms with van der Waals surface area (Å²) in [5.41, 5.74) is 1.06. The van der Waals surface area contributed by atoms with E-state index in [0.29, 0.717) is 6.42 Å². The molecule has 2 N–H and O–H groups in total. The van der Waals surface area contributed by atoms with Gasteiger partial charge in [0.25, 0.3) is 5.91 Å². The third-order valence-electron chi connectivity index (χ3n) is 3.68. The monoisotopic (exact) mass is 289 g/mol. The number of hydrogen-bond acceptors (Lipinski definition) is 2. The Kier molecular flexibility index (Phi) is 3.43. The highest BCUT2D eigenvalue weighted by Crippen LogP contribution is 2.31. The van der Waals surface area contributed by atoms with E-state index in [-0.39, 0.29) is 0 Å². The normalized spacial score (nSPS) is 20.1. The number of amides is 1. The van der Waals surface area contributed by atoms with Gasteiger partial charge in [-0.1, -0.05) is 30.3 Å². The van der Waals surface area contributed by atoms with Crippen molar-refractivity contribution in [2.24, 2.45) is 0 Å². The Hall–Kier alpha value is -2.27. The zero-order valence-corrected chi connectivity index (χ0v) is 11.0.